The molecule has 0 radical (unpaired) electrons. The van der Waals surface area contributed by atoms with Gasteiger partial charge in [0.25, 0.3) is 5.56 Å². The van der Waals surface area contributed by atoms with Crippen LogP contribution in [0.1, 0.15) is 44.6 Å². The van der Waals surface area contributed by atoms with E-state index in [4.69, 9.17) is 0 Å². The van der Waals surface area contributed by atoms with E-state index in [0.717, 1.165) is 23.8 Å². The van der Waals surface area contributed by atoms with Crippen LogP contribution in [0.3, 0.4) is 0 Å². The number of carbonyl (C=O) groups excluding carboxylic acids is 1. The third-order valence-corrected chi connectivity index (χ3v) is 5.82. The number of hydrogen-bond acceptors (Lipinski definition) is 4. The first-order valence-electron chi connectivity index (χ1n) is 9.80. The normalized spacial score (nSPS) is 15.2. The SMILES string of the molecule is CSCCC(C(=O)NCCC1=CCCCC1)n1c(=O)[nH]c2ccccc2c1=O. The number of fused-ring (bicyclic) bond motifs is 1. The van der Waals surface area contributed by atoms with Crippen LogP contribution in [0.4, 0.5) is 0 Å². The van der Waals surface area contributed by atoms with Crippen molar-refractivity contribution < 1.29 is 4.79 Å². The molecular formula is C21H27N3O3S. The Morgan fingerprint density at radius 3 is 2.86 bits per heavy atom. The number of carbonyl (C=O) groups is 1. The number of H-pyrrole nitrogens is 1. The van der Waals surface area contributed by atoms with Crippen LogP contribution in [0.2, 0.25) is 0 Å². The van der Waals surface area contributed by atoms with Crippen molar-refractivity contribution in [1.29, 1.82) is 0 Å². The maximum atomic E-state index is 12.9. The summed E-state index contributed by atoms with van der Waals surface area (Å²) in [5, 5.41) is 3.35. The van der Waals surface area contributed by atoms with Crippen molar-refractivity contribution in [2.45, 2.75) is 44.6 Å². The van der Waals surface area contributed by atoms with Gasteiger partial charge in [-0.15, -0.1) is 0 Å². The lowest BCUT2D eigenvalue weighted by Crippen LogP contribution is -2.45. The first kappa shape index (κ1) is 20.5. The van der Waals surface area contributed by atoms with Crippen LogP contribution in [0.15, 0.2) is 45.5 Å². The fraction of sp³-hybridized carbons (Fsp3) is 0.476. The molecule has 1 amide bonds. The van der Waals surface area contributed by atoms with Gasteiger partial charge in [0.1, 0.15) is 6.04 Å². The lowest BCUT2D eigenvalue weighted by atomic mass is 9.97. The Balaban J connectivity index is 1.82. The lowest BCUT2D eigenvalue weighted by Gasteiger charge is -2.19. The molecule has 7 heteroatoms. The number of benzene rings is 1. The Hall–Kier alpha value is -2.28. The minimum absolute atomic E-state index is 0.270. The van der Waals surface area contributed by atoms with Gasteiger partial charge in [-0.05, 0) is 62.7 Å². The first-order chi connectivity index (χ1) is 13.6. The van der Waals surface area contributed by atoms with Crippen molar-refractivity contribution in [2.75, 3.05) is 18.6 Å². The minimum atomic E-state index is -0.811. The second-order valence-corrected chi connectivity index (χ2v) is 8.08. The predicted octanol–water partition coefficient (Wildman–Crippen LogP) is 2.99. The molecule has 0 fully saturated rings. The third kappa shape index (κ3) is 4.76. The van der Waals surface area contributed by atoms with Crippen LogP contribution >= 0.6 is 11.8 Å². The Labute approximate surface area is 168 Å². The topological polar surface area (TPSA) is 84.0 Å². The van der Waals surface area contributed by atoms with Gasteiger partial charge in [0.05, 0.1) is 10.9 Å². The number of hydrogen-bond donors (Lipinski definition) is 2. The molecule has 1 heterocycles. The van der Waals surface area contributed by atoms with Gasteiger partial charge in [-0.3, -0.25) is 9.59 Å². The summed E-state index contributed by atoms with van der Waals surface area (Å²) < 4.78 is 1.08. The molecular weight excluding hydrogens is 374 g/mol. The van der Waals surface area contributed by atoms with Crippen LogP contribution in [-0.2, 0) is 4.79 Å². The van der Waals surface area contributed by atoms with Crippen molar-refractivity contribution in [3.05, 3.63) is 56.8 Å². The molecule has 2 aromatic rings. The number of nitrogens with zero attached hydrogens (tertiary/aromatic N) is 1. The molecule has 0 spiro atoms. The maximum Gasteiger partial charge on any atom is 0.329 e. The van der Waals surface area contributed by atoms with E-state index in [1.807, 2.05) is 6.26 Å². The van der Waals surface area contributed by atoms with Gasteiger partial charge in [-0.2, -0.15) is 11.8 Å². The predicted molar refractivity (Wildman–Crippen MR) is 115 cm³/mol. The van der Waals surface area contributed by atoms with Crippen molar-refractivity contribution in [1.82, 2.24) is 14.9 Å². The average molecular weight is 402 g/mol. The quantitative estimate of drug-likeness (QED) is 0.666. The molecule has 6 nitrogen and oxygen atoms in total. The van der Waals surface area contributed by atoms with E-state index in [2.05, 4.69) is 16.4 Å². The number of nitrogens with one attached hydrogen (secondary N) is 2. The van der Waals surface area contributed by atoms with Gasteiger partial charge in [0, 0.05) is 6.54 Å². The zero-order valence-electron chi connectivity index (χ0n) is 16.2. The molecule has 0 aliphatic heterocycles. The smallest absolute Gasteiger partial charge is 0.329 e. The largest absolute Gasteiger partial charge is 0.354 e. The molecule has 1 unspecified atom stereocenters. The van der Waals surface area contributed by atoms with Gasteiger partial charge < -0.3 is 10.3 Å². The molecule has 1 atom stereocenters. The fourth-order valence-electron chi connectivity index (χ4n) is 3.66. The number of amides is 1. The summed E-state index contributed by atoms with van der Waals surface area (Å²) in [6.07, 6.45) is 10.1. The molecule has 150 valence electrons. The molecule has 3 rings (SSSR count). The van der Waals surface area contributed by atoms with Crippen molar-refractivity contribution in [3.8, 4) is 0 Å². The average Bonchev–Trinajstić information content (AvgIpc) is 2.71. The van der Waals surface area contributed by atoms with Crippen molar-refractivity contribution in [2.24, 2.45) is 0 Å². The van der Waals surface area contributed by atoms with E-state index in [1.165, 1.54) is 18.4 Å². The van der Waals surface area contributed by atoms with E-state index >= 15 is 0 Å². The monoisotopic (exact) mass is 401 g/mol. The zero-order valence-corrected chi connectivity index (χ0v) is 17.0. The van der Waals surface area contributed by atoms with Crippen LogP contribution in [0.25, 0.3) is 10.9 Å². The minimum Gasteiger partial charge on any atom is -0.354 e. The molecule has 0 bridgehead atoms. The van der Waals surface area contributed by atoms with E-state index in [1.54, 1.807) is 36.0 Å². The summed E-state index contributed by atoms with van der Waals surface area (Å²) in [6.45, 7) is 0.528. The molecule has 0 saturated heterocycles. The Kier molecular flexibility index (Phi) is 7.14. The number of allylic oxidation sites excluding steroid dienone is 1. The highest BCUT2D eigenvalue weighted by Gasteiger charge is 2.24. The maximum absolute atomic E-state index is 12.9. The van der Waals surface area contributed by atoms with Crippen LogP contribution in [0, 0.1) is 0 Å². The molecule has 1 aromatic heterocycles. The van der Waals surface area contributed by atoms with Gasteiger partial charge in [0.2, 0.25) is 5.91 Å². The molecule has 1 aromatic carbocycles. The summed E-state index contributed by atoms with van der Waals surface area (Å²) in [7, 11) is 0. The number of para-hydroxylation sites is 1. The Morgan fingerprint density at radius 2 is 2.11 bits per heavy atom. The van der Waals surface area contributed by atoms with E-state index in [-0.39, 0.29) is 5.91 Å². The molecule has 1 aliphatic rings. The second-order valence-electron chi connectivity index (χ2n) is 7.10. The summed E-state index contributed by atoms with van der Waals surface area (Å²) in [4.78, 5) is 41.1. The third-order valence-electron chi connectivity index (χ3n) is 5.18. The Bertz CT molecular complexity index is 977. The number of rotatable bonds is 8. The van der Waals surface area contributed by atoms with Crippen molar-refractivity contribution >= 4 is 28.6 Å². The van der Waals surface area contributed by atoms with Gasteiger partial charge in [-0.25, -0.2) is 9.36 Å². The van der Waals surface area contributed by atoms with Crippen LogP contribution in [0.5, 0.6) is 0 Å². The first-order valence-corrected chi connectivity index (χ1v) is 11.2. The lowest BCUT2D eigenvalue weighted by molar-refractivity contribution is -0.124. The van der Waals surface area contributed by atoms with Crippen LogP contribution in [-0.4, -0.2) is 34.0 Å². The van der Waals surface area contributed by atoms with Crippen molar-refractivity contribution in [3.63, 3.8) is 0 Å². The number of thioether (sulfide) groups is 1. The molecule has 1 aliphatic carbocycles. The highest BCUT2D eigenvalue weighted by molar-refractivity contribution is 7.98. The summed E-state index contributed by atoms with van der Waals surface area (Å²) in [6, 6.07) is 6.07. The Morgan fingerprint density at radius 1 is 1.29 bits per heavy atom. The van der Waals surface area contributed by atoms with E-state index < -0.39 is 17.3 Å². The molecule has 0 saturated carbocycles. The number of aromatic nitrogens is 2. The second kappa shape index (κ2) is 9.78. The van der Waals surface area contributed by atoms with Gasteiger partial charge >= 0.3 is 5.69 Å². The van der Waals surface area contributed by atoms with E-state index in [0.29, 0.717) is 29.6 Å². The van der Waals surface area contributed by atoms with Gasteiger partial charge in [-0.1, -0.05) is 23.8 Å². The summed E-state index contributed by atoms with van der Waals surface area (Å²) >= 11 is 1.59. The summed E-state index contributed by atoms with van der Waals surface area (Å²) in [5.41, 5.74) is 0.908. The highest BCUT2D eigenvalue weighted by atomic mass is 32.2. The zero-order chi connectivity index (χ0) is 19.9. The highest BCUT2D eigenvalue weighted by Crippen LogP contribution is 2.19. The molecule has 28 heavy (non-hydrogen) atoms. The standard InChI is InChI=1S/C21H27N3O3S/c1-28-14-12-18(19(25)22-13-11-15-7-3-2-4-8-15)24-20(26)16-9-5-6-10-17(16)23-21(24)27/h5-7,9-10,18H,2-4,8,11-14H2,1H3,(H,22,25)(H,23,27). The van der Waals surface area contributed by atoms with Crippen LogP contribution < -0.4 is 16.6 Å². The van der Waals surface area contributed by atoms with E-state index in [9.17, 15) is 14.4 Å². The number of aromatic amines is 1. The fourth-order valence-corrected chi connectivity index (χ4v) is 4.12. The summed E-state index contributed by atoms with van der Waals surface area (Å²) in [5.74, 6) is 0.412. The van der Waals surface area contributed by atoms with Gasteiger partial charge in [0.15, 0.2) is 0 Å². The molecule has 2 N–H and O–H groups in total.